The lowest BCUT2D eigenvalue weighted by Gasteiger charge is -2.29. The van der Waals surface area contributed by atoms with Crippen molar-refractivity contribution >= 4 is 30.5 Å². The average molecular weight is 695 g/mol. The molecule has 5 rings (SSSR count). The van der Waals surface area contributed by atoms with Gasteiger partial charge in [-0.15, -0.1) is 0 Å². The maximum Gasteiger partial charge on any atom is 0.323 e. The van der Waals surface area contributed by atoms with E-state index in [-0.39, 0.29) is 50.1 Å². The maximum absolute atomic E-state index is 15.0. The molecule has 262 valence electrons. The molecule has 0 aliphatic carbocycles. The van der Waals surface area contributed by atoms with Crippen molar-refractivity contribution in [1.82, 2.24) is 29.7 Å². The van der Waals surface area contributed by atoms with E-state index < -0.39 is 43.8 Å². The molecule has 0 radical (unpaired) electrons. The van der Waals surface area contributed by atoms with Crippen LogP contribution in [-0.4, -0.2) is 75.8 Å². The van der Waals surface area contributed by atoms with Gasteiger partial charge in [-0.05, 0) is 36.8 Å². The van der Waals surface area contributed by atoms with Crippen LogP contribution < -0.4 is 15.7 Å². The number of aromatic nitrogens is 4. The Balaban J connectivity index is 1.39. The SMILES string of the molecule is CCCOC(=O)[C@H](Cc1ccccc1)NP(=O)(CO[C@H]1CO[C@@H](n2cnc3c(=O)[nH]cnc32)C1)N[C@@H](Cc1ccccc1)C(=O)OCCC. The van der Waals surface area contributed by atoms with Gasteiger partial charge in [0, 0.05) is 6.42 Å². The van der Waals surface area contributed by atoms with Crippen LogP contribution in [0.4, 0.5) is 0 Å². The number of aromatic amines is 1. The van der Waals surface area contributed by atoms with E-state index in [0.717, 1.165) is 11.1 Å². The molecule has 4 aromatic rings. The fourth-order valence-electron chi connectivity index (χ4n) is 5.46. The van der Waals surface area contributed by atoms with E-state index in [1.54, 1.807) is 4.57 Å². The standard InChI is InChI=1S/C34H43N6O8P/c1-3-15-45-33(42)27(17-24-11-7-5-8-12-24)38-49(44,39-28(34(43)46-16-4-2)18-25-13-9-6-10-14-25)23-48-26-19-29(47-20-26)40-22-37-30-31(40)35-21-36-32(30)41/h5-14,21-22,26-29H,3-4,15-20,23H2,1-2H3,(H,35,36,41)(H2,38,39,44)/t26-,27+,28+,29-/m1/s1. The predicted octanol–water partition coefficient (Wildman–Crippen LogP) is 3.88. The summed E-state index contributed by atoms with van der Waals surface area (Å²) >= 11 is 0. The number of H-pyrrole nitrogens is 1. The summed E-state index contributed by atoms with van der Waals surface area (Å²) < 4.78 is 39.8. The van der Waals surface area contributed by atoms with Gasteiger partial charge in [0.15, 0.2) is 11.2 Å². The molecule has 14 nitrogen and oxygen atoms in total. The van der Waals surface area contributed by atoms with Crippen LogP contribution in [0.5, 0.6) is 0 Å². The van der Waals surface area contributed by atoms with E-state index in [4.69, 9.17) is 18.9 Å². The van der Waals surface area contributed by atoms with E-state index in [1.165, 1.54) is 12.7 Å². The molecular weight excluding hydrogens is 651 g/mol. The first kappa shape index (κ1) is 36.1. The van der Waals surface area contributed by atoms with Crippen LogP contribution in [0.15, 0.2) is 78.1 Å². The Morgan fingerprint density at radius 1 is 0.939 bits per heavy atom. The smallest absolute Gasteiger partial charge is 0.323 e. The maximum atomic E-state index is 15.0. The summed E-state index contributed by atoms with van der Waals surface area (Å²) in [6, 6.07) is 16.6. The van der Waals surface area contributed by atoms with Crippen LogP contribution >= 0.6 is 7.44 Å². The molecule has 1 aliphatic heterocycles. The lowest BCUT2D eigenvalue weighted by atomic mass is 10.1. The molecule has 15 heteroatoms. The highest BCUT2D eigenvalue weighted by Crippen LogP contribution is 2.40. The Morgan fingerprint density at radius 3 is 2.06 bits per heavy atom. The first-order valence-corrected chi connectivity index (χ1v) is 18.4. The van der Waals surface area contributed by atoms with Crippen molar-refractivity contribution in [1.29, 1.82) is 0 Å². The summed E-state index contributed by atoms with van der Waals surface area (Å²) in [6.07, 6.45) is 3.31. The van der Waals surface area contributed by atoms with Gasteiger partial charge in [-0.2, -0.15) is 0 Å². The Labute approximate surface area is 284 Å². The van der Waals surface area contributed by atoms with Gasteiger partial charge in [0.25, 0.3) is 5.56 Å². The minimum Gasteiger partial charge on any atom is -0.465 e. The number of nitrogens with one attached hydrogen (secondary N) is 3. The predicted molar refractivity (Wildman–Crippen MR) is 182 cm³/mol. The molecular formula is C34H43N6O8P. The molecule has 0 amide bonds. The topological polar surface area (TPSA) is 176 Å². The van der Waals surface area contributed by atoms with Crippen LogP contribution in [0, 0.1) is 0 Å². The van der Waals surface area contributed by atoms with E-state index in [1.807, 2.05) is 74.5 Å². The third kappa shape index (κ3) is 9.93. The van der Waals surface area contributed by atoms with Gasteiger partial charge in [0.2, 0.25) is 7.44 Å². The van der Waals surface area contributed by atoms with E-state index >= 15 is 0 Å². The largest absolute Gasteiger partial charge is 0.465 e. The van der Waals surface area contributed by atoms with Gasteiger partial charge >= 0.3 is 11.9 Å². The van der Waals surface area contributed by atoms with Gasteiger partial charge in [0.1, 0.15) is 24.7 Å². The summed E-state index contributed by atoms with van der Waals surface area (Å²) in [5.74, 6) is -1.14. The first-order valence-electron chi connectivity index (χ1n) is 16.5. The molecule has 2 aromatic carbocycles. The molecule has 49 heavy (non-hydrogen) atoms. The van der Waals surface area contributed by atoms with Crippen LogP contribution in [0.3, 0.4) is 0 Å². The summed E-state index contributed by atoms with van der Waals surface area (Å²) in [5.41, 5.74) is 1.85. The number of rotatable bonds is 18. The highest BCUT2D eigenvalue weighted by atomic mass is 31.2. The van der Waals surface area contributed by atoms with Gasteiger partial charge < -0.3 is 23.9 Å². The molecule has 0 saturated carbocycles. The van der Waals surface area contributed by atoms with E-state index in [0.29, 0.717) is 24.9 Å². The second-order valence-corrected chi connectivity index (χ2v) is 14.1. The number of esters is 2. The number of nitrogens with zero attached hydrogens (tertiary/aromatic N) is 3. The number of hydrogen-bond donors (Lipinski definition) is 3. The van der Waals surface area contributed by atoms with Crippen molar-refractivity contribution in [2.75, 3.05) is 26.2 Å². The lowest BCUT2D eigenvalue weighted by Crippen LogP contribution is -2.47. The van der Waals surface area contributed by atoms with Crippen LogP contribution in [-0.2, 0) is 45.9 Å². The number of fused-ring (bicyclic) bond motifs is 1. The van der Waals surface area contributed by atoms with Gasteiger partial charge in [-0.1, -0.05) is 74.5 Å². The normalized spacial score (nSPS) is 17.5. The Kier molecular flexibility index (Phi) is 12.9. The lowest BCUT2D eigenvalue weighted by molar-refractivity contribution is -0.146. The van der Waals surface area contributed by atoms with Crippen molar-refractivity contribution in [2.45, 2.75) is 70.4 Å². The monoisotopic (exact) mass is 694 g/mol. The zero-order valence-electron chi connectivity index (χ0n) is 27.7. The van der Waals surface area contributed by atoms with Crippen molar-refractivity contribution in [3.05, 3.63) is 94.8 Å². The molecule has 4 atom stereocenters. The van der Waals surface area contributed by atoms with E-state index in [9.17, 15) is 18.9 Å². The average Bonchev–Trinajstić information content (AvgIpc) is 3.77. The number of benzene rings is 2. The molecule has 1 saturated heterocycles. The minimum absolute atomic E-state index is 0.158. The molecule has 0 bridgehead atoms. The fourth-order valence-corrected chi connectivity index (χ4v) is 7.50. The molecule has 3 heterocycles. The number of carbonyl (C=O) groups excluding carboxylic acids is 2. The number of ether oxygens (including phenoxy) is 4. The number of carbonyl (C=O) groups is 2. The highest BCUT2D eigenvalue weighted by molar-refractivity contribution is 7.59. The Bertz CT molecular complexity index is 1700. The van der Waals surface area contributed by atoms with Gasteiger partial charge in [0.05, 0.1) is 38.6 Å². The van der Waals surface area contributed by atoms with Gasteiger partial charge in [-0.25, -0.2) is 20.1 Å². The number of hydrogen-bond acceptors (Lipinski definition) is 10. The molecule has 1 aliphatic rings. The third-order valence-electron chi connectivity index (χ3n) is 7.87. The van der Waals surface area contributed by atoms with Crippen molar-refractivity contribution in [3.8, 4) is 0 Å². The van der Waals surface area contributed by atoms with E-state index in [2.05, 4.69) is 25.1 Å². The van der Waals surface area contributed by atoms with Crippen molar-refractivity contribution in [2.24, 2.45) is 0 Å². The molecule has 3 N–H and O–H groups in total. The second kappa shape index (κ2) is 17.5. The molecule has 0 unspecified atom stereocenters. The fraction of sp³-hybridized carbons (Fsp3) is 0.441. The third-order valence-corrected chi connectivity index (χ3v) is 9.84. The van der Waals surface area contributed by atoms with Crippen LogP contribution in [0.25, 0.3) is 11.2 Å². The Hall–Kier alpha value is -4.20. The van der Waals surface area contributed by atoms with Crippen LogP contribution in [0.1, 0.15) is 50.5 Å². The molecule has 1 fully saturated rings. The van der Waals surface area contributed by atoms with Crippen molar-refractivity contribution < 1.29 is 33.1 Å². The Morgan fingerprint density at radius 2 is 1.51 bits per heavy atom. The molecule has 2 aromatic heterocycles. The van der Waals surface area contributed by atoms with Crippen LogP contribution in [0.2, 0.25) is 0 Å². The summed E-state index contributed by atoms with van der Waals surface area (Å²) in [4.78, 5) is 49.8. The number of imidazole rings is 1. The summed E-state index contributed by atoms with van der Waals surface area (Å²) in [6.45, 7) is 4.34. The summed E-state index contributed by atoms with van der Waals surface area (Å²) in [5, 5.41) is 6.08. The van der Waals surface area contributed by atoms with Crippen molar-refractivity contribution in [3.63, 3.8) is 0 Å². The highest BCUT2D eigenvalue weighted by Gasteiger charge is 2.38. The second-order valence-electron chi connectivity index (χ2n) is 11.8. The van der Waals surface area contributed by atoms with Gasteiger partial charge in [-0.3, -0.25) is 23.5 Å². The quantitative estimate of drug-likeness (QED) is 0.101. The minimum atomic E-state index is -3.91. The summed E-state index contributed by atoms with van der Waals surface area (Å²) in [7, 11) is -3.91. The molecule has 0 spiro atoms. The zero-order valence-corrected chi connectivity index (χ0v) is 28.6. The zero-order chi connectivity index (χ0) is 34.6. The first-order chi connectivity index (χ1) is 23.8.